The molecule has 1 aromatic heterocycles. The summed E-state index contributed by atoms with van der Waals surface area (Å²) >= 11 is 0. The van der Waals surface area contributed by atoms with Gasteiger partial charge in [-0.25, -0.2) is 9.37 Å². The molecule has 0 aliphatic rings. The lowest BCUT2D eigenvalue weighted by Gasteiger charge is -2.11. The average Bonchev–Trinajstić information content (AvgIpc) is 2.56. The van der Waals surface area contributed by atoms with Crippen molar-refractivity contribution < 1.29 is 9.13 Å². The zero-order valence-corrected chi connectivity index (χ0v) is 13.4. The Morgan fingerprint density at radius 3 is 2.58 bits per heavy atom. The summed E-state index contributed by atoms with van der Waals surface area (Å²) in [6.07, 6.45) is 0. The number of hydrogen-bond acceptors (Lipinski definition) is 5. The molecule has 3 aromatic rings. The van der Waals surface area contributed by atoms with E-state index < -0.39 is 0 Å². The number of ether oxygens (including phenoxy) is 1. The Labute approximate surface area is 139 Å². The number of hydrogen-bond donors (Lipinski definition) is 2. The molecule has 24 heavy (non-hydrogen) atoms. The van der Waals surface area contributed by atoms with Crippen molar-refractivity contribution in [3.05, 3.63) is 66.1 Å². The number of para-hydroxylation sites is 1. The van der Waals surface area contributed by atoms with Gasteiger partial charge in [0.25, 0.3) is 0 Å². The van der Waals surface area contributed by atoms with Crippen LogP contribution in [0.4, 0.5) is 27.5 Å². The van der Waals surface area contributed by atoms with Gasteiger partial charge in [0.05, 0.1) is 12.8 Å². The van der Waals surface area contributed by atoms with Gasteiger partial charge in [-0.1, -0.05) is 18.2 Å². The normalized spacial score (nSPS) is 10.3. The number of aromatic nitrogens is 2. The first-order valence-corrected chi connectivity index (χ1v) is 7.42. The van der Waals surface area contributed by atoms with E-state index >= 15 is 0 Å². The highest BCUT2D eigenvalue weighted by atomic mass is 19.1. The minimum Gasteiger partial charge on any atom is -0.497 e. The molecule has 0 fully saturated rings. The van der Waals surface area contributed by atoms with Crippen LogP contribution in [0, 0.1) is 12.7 Å². The zero-order chi connectivity index (χ0) is 16.9. The quantitative estimate of drug-likeness (QED) is 0.727. The summed E-state index contributed by atoms with van der Waals surface area (Å²) < 4.78 is 19.0. The molecule has 2 N–H and O–H groups in total. The Balaban J connectivity index is 1.84. The van der Waals surface area contributed by atoms with Gasteiger partial charge in [0, 0.05) is 23.5 Å². The number of nitrogens with one attached hydrogen (secondary N) is 2. The molecule has 3 rings (SSSR count). The van der Waals surface area contributed by atoms with Crippen LogP contribution >= 0.6 is 0 Å². The lowest BCUT2D eigenvalue weighted by molar-refractivity contribution is 0.415. The summed E-state index contributed by atoms with van der Waals surface area (Å²) in [6.45, 7) is 1.85. The van der Waals surface area contributed by atoms with Crippen LogP contribution in [0.3, 0.4) is 0 Å². The first-order valence-electron chi connectivity index (χ1n) is 7.42. The van der Waals surface area contributed by atoms with E-state index in [9.17, 15) is 4.39 Å². The topological polar surface area (TPSA) is 59.1 Å². The van der Waals surface area contributed by atoms with Gasteiger partial charge in [0.1, 0.15) is 17.4 Å². The number of aryl methyl sites for hydroxylation is 1. The highest BCUT2D eigenvalue weighted by Gasteiger charge is 2.06. The van der Waals surface area contributed by atoms with Gasteiger partial charge in [-0.2, -0.15) is 4.98 Å². The number of benzene rings is 2. The molecule has 0 aliphatic heterocycles. The van der Waals surface area contributed by atoms with Gasteiger partial charge in [-0.3, -0.25) is 0 Å². The molecule has 6 heteroatoms. The van der Waals surface area contributed by atoms with E-state index in [1.54, 1.807) is 25.3 Å². The second kappa shape index (κ2) is 6.95. The van der Waals surface area contributed by atoms with E-state index in [0.29, 0.717) is 17.5 Å². The molecule has 2 aromatic carbocycles. The maximum Gasteiger partial charge on any atom is 0.229 e. The second-order valence-corrected chi connectivity index (χ2v) is 5.18. The van der Waals surface area contributed by atoms with Crippen LogP contribution in [0.15, 0.2) is 54.6 Å². The summed E-state index contributed by atoms with van der Waals surface area (Å²) in [5.41, 5.74) is 1.92. The number of nitrogens with zero attached hydrogens (tertiary/aromatic N) is 2. The van der Waals surface area contributed by atoms with Crippen molar-refractivity contribution in [1.82, 2.24) is 9.97 Å². The Kier molecular flexibility index (Phi) is 4.56. The number of anilines is 4. The summed E-state index contributed by atoms with van der Waals surface area (Å²) in [6, 6.07) is 15.7. The van der Waals surface area contributed by atoms with Gasteiger partial charge < -0.3 is 15.4 Å². The highest BCUT2D eigenvalue weighted by molar-refractivity contribution is 5.61. The third-order valence-corrected chi connectivity index (χ3v) is 3.32. The number of halogens is 1. The predicted octanol–water partition coefficient (Wildman–Crippen LogP) is 4.42. The van der Waals surface area contributed by atoms with Crippen molar-refractivity contribution in [3.8, 4) is 5.75 Å². The molecule has 0 saturated carbocycles. The Hall–Kier alpha value is -3.15. The van der Waals surface area contributed by atoms with Crippen molar-refractivity contribution in [2.24, 2.45) is 0 Å². The van der Waals surface area contributed by atoms with E-state index in [4.69, 9.17) is 4.74 Å². The van der Waals surface area contributed by atoms with Gasteiger partial charge in [0.15, 0.2) is 0 Å². The predicted molar refractivity (Wildman–Crippen MR) is 92.7 cm³/mol. The van der Waals surface area contributed by atoms with Crippen molar-refractivity contribution in [3.63, 3.8) is 0 Å². The maximum absolute atomic E-state index is 13.8. The monoisotopic (exact) mass is 324 g/mol. The Morgan fingerprint density at radius 1 is 0.958 bits per heavy atom. The van der Waals surface area contributed by atoms with Crippen LogP contribution in [0.25, 0.3) is 0 Å². The lowest BCUT2D eigenvalue weighted by Crippen LogP contribution is -2.03. The molecule has 0 unspecified atom stereocenters. The molecular weight excluding hydrogens is 307 g/mol. The van der Waals surface area contributed by atoms with E-state index in [1.165, 1.54) is 6.07 Å². The van der Waals surface area contributed by atoms with Gasteiger partial charge in [-0.05, 0) is 31.2 Å². The van der Waals surface area contributed by atoms with E-state index in [1.807, 2.05) is 37.3 Å². The third-order valence-electron chi connectivity index (χ3n) is 3.32. The smallest absolute Gasteiger partial charge is 0.229 e. The maximum atomic E-state index is 13.8. The molecule has 1 heterocycles. The van der Waals surface area contributed by atoms with Crippen molar-refractivity contribution in [2.45, 2.75) is 6.92 Å². The molecule has 122 valence electrons. The number of rotatable bonds is 5. The van der Waals surface area contributed by atoms with Gasteiger partial charge in [0.2, 0.25) is 5.95 Å². The summed E-state index contributed by atoms with van der Waals surface area (Å²) in [4.78, 5) is 8.67. The molecule has 0 bridgehead atoms. The standard InChI is InChI=1S/C18H17FN4O/c1-12-10-17(21-13-6-5-7-14(11-13)24-2)23-18(20-12)22-16-9-4-3-8-15(16)19/h3-11H,1-2H3,(H2,20,21,22,23). The fourth-order valence-electron chi connectivity index (χ4n) is 2.22. The first kappa shape index (κ1) is 15.7. The summed E-state index contributed by atoms with van der Waals surface area (Å²) in [5, 5.41) is 6.10. The first-order chi connectivity index (χ1) is 11.6. The SMILES string of the molecule is COc1cccc(Nc2cc(C)nc(Nc3ccccc3F)n2)c1. The summed E-state index contributed by atoms with van der Waals surface area (Å²) in [7, 11) is 1.62. The third kappa shape index (κ3) is 3.78. The van der Waals surface area contributed by atoms with Crippen LogP contribution in [-0.2, 0) is 0 Å². The average molecular weight is 324 g/mol. The summed E-state index contributed by atoms with van der Waals surface area (Å²) in [5.74, 6) is 1.32. The van der Waals surface area contributed by atoms with Crippen LogP contribution in [0.2, 0.25) is 0 Å². The molecule has 5 nitrogen and oxygen atoms in total. The minimum absolute atomic E-state index is 0.325. The fourth-order valence-corrected chi connectivity index (χ4v) is 2.22. The van der Waals surface area contributed by atoms with Crippen molar-refractivity contribution in [1.29, 1.82) is 0 Å². The molecule has 0 saturated heterocycles. The van der Waals surface area contributed by atoms with Crippen molar-refractivity contribution in [2.75, 3.05) is 17.7 Å². The van der Waals surface area contributed by atoms with Crippen LogP contribution in [0.5, 0.6) is 5.75 Å². The van der Waals surface area contributed by atoms with Crippen molar-refractivity contribution >= 4 is 23.1 Å². The molecule has 0 atom stereocenters. The molecule has 0 radical (unpaired) electrons. The van der Waals surface area contributed by atoms with Crippen LogP contribution in [0.1, 0.15) is 5.69 Å². The van der Waals surface area contributed by atoms with E-state index in [-0.39, 0.29) is 5.82 Å². The largest absolute Gasteiger partial charge is 0.497 e. The zero-order valence-electron chi connectivity index (χ0n) is 13.4. The minimum atomic E-state index is -0.357. The van der Waals surface area contributed by atoms with Crippen LogP contribution < -0.4 is 15.4 Å². The fraction of sp³-hybridized carbons (Fsp3) is 0.111. The highest BCUT2D eigenvalue weighted by Crippen LogP contribution is 2.23. The molecular formula is C18H17FN4O. The lowest BCUT2D eigenvalue weighted by atomic mass is 10.3. The van der Waals surface area contributed by atoms with Crippen LogP contribution in [-0.4, -0.2) is 17.1 Å². The number of methoxy groups -OCH3 is 1. The Bertz CT molecular complexity index is 854. The van der Waals surface area contributed by atoms with Gasteiger partial charge >= 0.3 is 0 Å². The van der Waals surface area contributed by atoms with E-state index in [0.717, 1.165) is 17.1 Å². The van der Waals surface area contributed by atoms with E-state index in [2.05, 4.69) is 20.6 Å². The molecule has 0 amide bonds. The molecule has 0 aliphatic carbocycles. The molecule has 0 spiro atoms. The second-order valence-electron chi connectivity index (χ2n) is 5.18. The Morgan fingerprint density at radius 2 is 1.79 bits per heavy atom. The van der Waals surface area contributed by atoms with Gasteiger partial charge in [-0.15, -0.1) is 0 Å².